The van der Waals surface area contributed by atoms with E-state index in [1.165, 1.54) is 30.8 Å². The lowest BCUT2D eigenvalue weighted by atomic mass is 9.96. The van der Waals surface area contributed by atoms with Gasteiger partial charge in [-0.25, -0.2) is 0 Å². The molecular formula is C18H25N5. The van der Waals surface area contributed by atoms with E-state index in [-0.39, 0.29) is 0 Å². The maximum Gasteiger partial charge on any atom is 0.147 e. The van der Waals surface area contributed by atoms with E-state index < -0.39 is 0 Å². The molecule has 1 aromatic heterocycles. The van der Waals surface area contributed by atoms with Crippen LogP contribution < -0.4 is 5.32 Å². The molecule has 1 fully saturated rings. The minimum Gasteiger partial charge on any atom is -0.312 e. The molecule has 5 nitrogen and oxygen atoms in total. The third-order valence-electron chi connectivity index (χ3n) is 5.08. The molecule has 2 aliphatic heterocycles. The van der Waals surface area contributed by atoms with E-state index in [0.717, 1.165) is 45.0 Å². The molecule has 1 N–H and O–H groups in total. The highest BCUT2D eigenvalue weighted by atomic mass is 15.3. The van der Waals surface area contributed by atoms with Crippen LogP contribution in [0.5, 0.6) is 0 Å². The predicted octanol–water partition coefficient (Wildman–Crippen LogP) is 1.80. The lowest BCUT2D eigenvalue weighted by Crippen LogP contribution is -2.37. The normalized spacial score (nSPS) is 22.0. The zero-order valence-corrected chi connectivity index (χ0v) is 13.6. The molecule has 122 valence electrons. The fourth-order valence-corrected chi connectivity index (χ4v) is 3.82. The first-order chi connectivity index (χ1) is 11.4. The molecule has 4 rings (SSSR count). The van der Waals surface area contributed by atoms with Crippen molar-refractivity contribution in [2.45, 2.75) is 38.3 Å². The minimum absolute atomic E-state index is 0.541. The third-order valence-corrected chi connectivity index (χ3v) is 5.08. The van der Waals surface area contributed by atoms with Crippen LogP contribution in [0.25, 0.3) is 0 Å². The van der Waals surface area contributed by atoms with Crippen LogP contribution in [0.3, 0.4) is 0 Å². The van der Waals surface area contributed by atoms with E-state index in [1.54, 1.807) is 0 Å². The Morgan fingerprint density at radius 1 is 1.13 bits per heavy atom. The van der Waals surface area contributed by atoms with Crippen molar-refractivity contribution in [1.82, 2.24) is 25.0 Å². The Morgan fingerprint density at radius 2 is 2.04 bits per heavy atom. The second-order valence-electron chi connectivity index (χ2n) is 6.68. The molecule has 3 heterocycles. The molecule has 2 aliphatic rings. The number of hydrogen-bond acceptors (Lipinski definition) is 4. The first-order valence-electron chi connectivity index (χ1n) is 8.79. The van der Waals surface area contributed by atoms with Crippen LogP contribution in [-0.4, -0.2) is 45.8 Å². The average molecular weight is 311 g/mol. The van der Waals surface area contributed by atoms with E-state index >= 15 is 0 Å². The molecule has 0 amide bonds. The number of likely N-dealkylation sites (tertiary alicyclic amines) is 1. The van der Waals surface area contributed by atoms with Crippen LogP contribution in [0, 0.1) is 0 Å². The Kier molecular flexibility index (Phi) is 4.39. The van der Waals surface area contributed by atoms with Crippen LogP contribution >= 0.6 is 0 Å². The van der Waals surface area contributed by atoms with E-state index in [0.29, 0.717) is 5.92 Å². The maximum absolute atomic E-state index is 4.52. The summed E-state index contributed by atoms with van der Waals surface area (Å²) in [4.78, 5) is 2.60. The number of aromatic nitrogens is 3. The van der Waals surface area contributed by atoms with E-state index in [2.05, 4.69) is 55.3 Å². The number of nitrogens with zero attached hydrogens (tertiary/aromatic N) is 4. The first kappa shape index (κ1) is 14.8. The van der Waals surface area contributed by atoms with Crippen LogP contribution in [0.2, 0.25) is 0 Å². The Bertz CT molecular complexity index is 636. The summed E-state index contributed by atoms with van der Waals surface area (Å²) in [7, 11) is 0. The molecule has 0 bridgehead atoms. The molecular weight excluding hydrogens is 286 g/mol. The summed E-state index contributed by atoms with van der Waals surface area (Å²) < 4.78 is 2.35. The van der Waals surface area contributed by atoms with Crippen molar-refractivity contribution < 1.29 is 0 Å². The molecule has 0 saturated carbocycles. The second-order valence-corrected chi connectivity index (χ2v) is 6.68. The zero-order chi connectivity index (χ0) is 15.5. The second kappa shape index (κ2) is 6.81. The minimum atomic E-state index is 0.541. The summed E-state index contributed by atoms with van der Waals surface area (Å²) >= 11 is 0. The fourth-order valence-electron chi connectivity index (χ4n) is 3.82. The SMILES string of the molecule is c1ccc(CCN2CCC[C@@H](c3nnc4n3CCNC4)C2)cc1. The molecule has 2 aromatic rings. The molecule has 23 heavy (non-hydrogen) atoms. The number of benzene rings is 1. The van der Waals surface area contributed by atoms with Gasteiger partial charge in [-0.2, -0.15) is 0 Å². The summed E-state index contributed by atoms with van der Waals surface area (Å²) in [5.74, 6) is 2.86. The first-order valence-corrected chi connectivity index (χ1v) is 8.79. The standard InChI is InChI=1S/C18H25N5/c1-2-5-15(6-3-1)8-11-22-10-4-7-16(14-22)18-21-20-17-13-19-9-12-23(17)18/h1-3,5-6,16,19H,4,7-14H2/t16-/m1/s1. The molecule has 1 atom stereocenters. The van der Waals surface area contributed by atoms with Gasteiger partial charge < -0.3 is 14.8 Å². The van der Waals surface area contributed by atoms with Gasteiger partial charge in [-0.1, -0.05) is 30.3 Å². The molecule has 0 unspecified atom stereocenters. The molecule has 1 aromatic carbocycles. The molecule has 0 aliphatic carbocycles. The van der Waals surface area contributed by atoms with Crippen molar-refractivity contribution in [1.29, 1.82) is 0 Å². The third kappa shape index (κ3) is 3.31. The van der Waals surface area contributed by atoms with Crippen LogP contribution in [0.1, 0.15) is 36.0 Å². The van der Waals surface area contributed by atoms with Gasteiger partial charge in [0, 0.05) is 32.1 Å². The topological polar surface area (TPSA) is 46.0 Å². The average Bonchev–Trinajstić information content (AvgIpc) is 3.05. The summed E-state index contributed by atoms with van der Waals surface area (Å²) in [5, 5.41) is 12.3. The van der Waals surface area contributed by atoms with Crippen molar-refractivity contribution in [3.63, 3.8) is 0 Å². The van der Waals surface area contributed by atoms with Crippen molar-refractivity contribution in [3.05, 3.63) is 47.5 Å². The summed E-state index contributed by atoms with van der Waals surface area (Å²) in [6, 6.07) is 10.8. The molecule has 0 spiro atoms. The Morgan fingerprint density at radius 3 is 2.96 bits per heavy atom. The van der Waals surface area contributed by atoms with Gasteiger partial charge in [0.15, 0.2) is 0 Å². The summed E-state index contributed by atoms with van der Waals surface area (Å²) in [6.45, 7) is 6.38. The van der Waals surface area contributed by atoms with Crippen molar-refractivity contribution >= 4 is 0 Å². The van der Waals surface area contributed by atoms with Crippen molar-refractivity contribution in [3.8, 4) is 0 Å². The van der Waals surface area contributed by atoms with Gasteiger partial charge in [0.25, 0.3) is 0 Å². The monoisotopic (exact) mass is 311 g/mol. The predicted molar refractivity (Wildman–Crippen MR) is 90.3 cm³/mol. The Hall–Kier alpha value is -1.72. The highest BCUT2D eigenvalue weighted by molar-refractivity contribution is 5.15. The number of hydrogen-bond donors (Lipinski definition) is 1. The highest BCUT2D eigenvalue weighted by Gasteiger charge is 2.27. The van der Waals surface area contributed by atoms with Crippen molar-refractivity contribution in [2.24, 2.45) is 0 Å². The van der Waals surface area contributed by atoms with Gasteiger partial charge >= 0.3 is 0 Å². The molecule has 1 saturated heterocycles. The van der Waals surface area contributed by atoms with Crippen LogP contribution in [0.4, 0.5) is 0 Å². The molecule has 5 heteroatoms. The quantitative estimate of drug-likeness (QED) is 0.935. The number of nitrogens with one attached hydrogen (secondary N) is 1. The van der Waals surface area contributed by atoms with E-state index in [1.807, 2.05) is 0 Å². The largest absolute Gasteiger partial charge is 0.312 e. The number of rotatable bonds is 4. The van der Waals surface area contributed by atoms with Crippen LogP contribution in [-0.2, 0) is 19.5 Å². The maximum atomic E-state index is 4.52. The summed E-state index contributed by atoms with van der Waals surface area (Å²) in [6.07, 6.45) is 3.64. The zero-order valence-electron chi connectivity index (χ0n) is 13.6. The van der Waals surface area contributed by atoms with Gasteiger partial charge in [-0.3, -0.25) is 0 Å². The van der Waals surface area contributed by atoms with Crippen molar-refractivity contribution in [2.75, 3.05) is 26.2 Å². The molecule has 0 radical (unpaired) electrons. The van der Waals surface area contributed by atoms with Gasteiger partial charge in [0.2, 0.25) is 0 Å². The van der Waals surface area contributed by atoms with Gasteiger partial charge in [-0.15, -0.1) is 10.2 Å². The smallest absolute Gasteiger partial charge is 0.147 e. The lowest BCUT2D eigenvalue weighted by molar-refractivity contribution is 0.203. The van der Waals surface area contributed by atoms with E-state index in [4.69, 9.17) is 0 Å². The Labute approximate surface area is 137 Å². The van der Waals surface area contributed by atoms with Gasteiger partial charge in [0.1, 0.15) is 11.6 Å². The van der Waals surface area contributed by atoms with E-state index in [9.17, 15) is 0 Å². The van der Waals surface area contributed by atoms with Gasteiger partial charge in [0.05, 0.1) is 6.54 Å². The van der Waals surface area contributed by atoms with Crippen LogP contribution in [0.15, 0.2) is 30.3 Å². The Balaban J connectivity index is 1.40. The lowest BCUT2D eigenvalue weighted by Gasteiger charge is -2.32. The number of piperidine rings is 1. The summed E-state index contributed by atoms with van der Waals surface area (Å²) in [5.41, 5.74) is 1.43. The van der Waals surface area contributed by atoms with Gasteiger partial charge in [-0.05, 0) is 31.4 Å². The highest BCUT2D eigenvalue weighted by Crippen LogP contribution is 2.26. The number of fused-ring (bicyclic) bond motifs is 1. The fraction of sp³-hybridized carbons (Fsp3) is 0.556.